The zero-order valence-electron chi connectivity index (χ0n) is 11.7. The third-order valence-electron chi connectivity index (χ3n) is 3.89. The highest BCUT2D eigenvalue weighted by Crippen LogP contribution is 2.29. The molecule has 1 aromatic carbocycles. The zero-order valence-corrected chi connectivity index (χ0v) is 11.7. The fourth-order valence-electron chi connectivity index (χ4n) is 2.48. The molecule has 1 aromatic rings. The van der Waals surface area contributed by atoms with Gasteiger partial charge in [-0.05, 0) is 37.8 Å². The van der Waals surface area contributed by atoms with Gasteiger partial charge in [-0.15, -0.1) is 0 Å². The Labute approximate surface area is 114 Å². The van der Waals surface area contributed by atoms with Gasteiger partial charge < -0.3 is 11.1 Å². The lowest BCUT2D eigenvalue weighted by Crippen LogP contribution is -2.52. The molecule has 0 unspecified atom stereocenters. The normalized spacial score (nSPS) is 22.2. The van der Waals surface area contributed by atoms with Gasteiger partial charge in [0.25, 0.3) is 0 Å². The zero-order chi connectivity index (χ0) is 14.0. The number of hydrogen-bond acceptors (Lipinski definition) is 2. The van der Waals surface area contributed by atoms with E-state index in [4.69, 9.17) is 5.73 Å². The third kappa shape index (κ3) is 3.04. The van der Waals surface area contributed by atoms with Crippen molar-refractivity contribution in [1.82, 2.24) is 5.32 Å². The number of carbonyl (C=O) groups excluding carboxylic acids is 1. The van der Waals surface area contributed by atoms with Crippen LogP contribution in [-0.4, -0.2) is 11.4 Å². The highest BCUT2D eigenvalue weighted by atomic mass is 16.2. The molecule has 3 heteroatoms. The highest BCUT2D eigenvalue weighted by molar-refractivity contribution is 5.82. The fraction of sp³-hybridized carbons (Fsp3) is 0.438. The molecule has 0 radical (unpaired) electrons. The molecule has 1 aliphatic rings. The van der Waals surface area contributed by atoms with E-state index >= 15 is 0 Å². The molecule has 1 atom stereocenters. The molecule has 1 saturated heterocycles. The lowest BCUT2D eigenvalue weighted by Gasteiger charge is -2.37. The molecule has 1 heterocycles. The largest absolute Gasteiger partial charge is 0.347 e. The van der Waals surface area contributed by atoms with Gasteiger partial charge in [-0.25, -0.2) is 0 Å². The third-order valence-corrected chi connectivity index (χ3v) is 3.89. The minimum atomic E-state index is -0.285. The minimum absolute atomic E-state index is 0.0199. The van der Waals surface area contributed by atoms with Gasteiger partial charge in [0.1, 0.15) is 0 Å². The topological polar surface area (TPSA) is 55.1 Å². The maximum Gasteiger partial charge on any atom is 0.224 e. The fourth-order valence-corrected chi connectivity index (χ4v) is 2.48. The summed E-state index contributed by atoms with van der Waals surface area (Å²) in [4.78, 5) is 12.1. The molecular formula is C16H22N2O. The van der Waals surface area contributed by atoms with Crippen molar-refractivity contribution in [3.63, 3.8) is 0 Å². The smallest absolute Gasteiger partial charge is 0.224 e. The Balaban J connectivity index is 2.11. The number of nitrogens with one attached hydrogen (secondary N) is 1. The average Bonchev–Trinajstić information content (AvgIpc) is 2.36. The van der Waals surface area contributed by atoms with Crippen LogP contribution in [0.1, 0.15) is 31.4 Å². The molecule has 0 spiro atoms. The van der Waals surface area contributed by atoms with E-state index in [1.165, 1.54) is 0 Å². The van der Waals surface area contributed by atoms with Gasteiger partial charge in [-0.2, -0.15) is 0 Å². The SMILES string of the molecule is C=C1C[C@@H](Cc2cccc(CN)c2)C(=O)NC1(C)C. The summed E-state index contributed by atoms with van der Waals surface area (Å²) in [5.74, 6) is 0.101. The molecule has 3 nitrogen and oxygen atoms in total. The minimum Gasteiger partial charge on any atom is -0.347 e. The second-order valence-electron chi connectivity index (χ2n) is 5.85. The van der Waals surface area contributed by atoms with E-state index in [2.05, 4.69) is 24.0 Å². The Morgan fingerprint density at radius 2 is 2.11 bits per heavy atom. The van der Waals surface area contributed by atoms with Crippen molar-refractivity contribution >= 4 is 5.91 Å². The summed E-state index contributed by atoms with van der Waals surface area (Å²) in [5.41, 5.74) is 8.72. The molecule has 0 saturated carbocycles. The standard InChI is InChI=1S/C16H22N2O/c1-11-7-14(15(19)18-16(11,2)3)9-12-5-4-6-13(8-12)10-17/h4-6,8,14H,1,7,9-10,17H2,2-3H3,(H,18,19)/t14-/m0/s1. The number of piperidine rings is 1. The molecule has 0 aliphatic carbocycles. The number of nitrogens with two attached hydrogens (primary N) is 1. The predicted molar refractivity (Wildman–Crippen MR) is 77.5 cm³/mol. The Morgan fingerprint density at radius 3 is 2.79 bits per heavy atom. The van der Waals surface area contributed by atoms with Crippen molar-refractivity contribution in [2.75, 3.05) is 0 Å². The van der Waals surface area contributed by atoms with Crippen LogP contribution in [0.5, 0.6) is 0 Å². The number of hydrogen-bond donors (Lipinski definition) is 2. The van der Waals surface area contributed by atoms with Crippen LogP contribution in [0.15, 0.2) is 36.4 Å². The first-order chi connectivity index (χ1) is 8.92. The van der Waals surface area contributed by atoms with E-state index in [1.807, 2.05) is 26.0 Å². The van der Waals surface area contributed by atoms with Crippen molar-refractivity contribution in [1.29, 1.82) is 0 Å². The summed E-state index contributed by atoms with van der Waals surface area (Å²) >= 11 is 0. The van der Waals surface area contributed by atoms with E-state index in [0.717, 1.165) is 29.5 Å². The van der Waals surface area contributed by atoms with Gasteiger partial charge >= 0.3 is 0 Å². The Hall–Kier alpha value is -1.61. The van der Waals surface area contributed by atoms with Gasteiger partial charge in [0.15, 0.2) is 0 Å². The van der Waals surface area contributed by atoms with E-state index in [1.54, 1.807) is 0 Å². The second-order valence-corrected chi connectivity index (χ2v) is 5.85. The Kier molecular flexibility index (Phi) is 3.76. The number of rotatable bonds is 3. The van der Waals surface area contributed by atoms with Gasteiger partial charge in [0.2, 0.25) is 5.91 Å². The number of carbonyl (C=O) groups is 1. The average molecular weight is 258 g/mol. The van der Waals surface area contributed by atoms with Crippen LogP contribution >= 0.6 is 0 Å². The number of benzene rings is 1. The van der Waals surface area contributed by atoms with Crippen molar-refractivity contribution in [2.45, 2.75) is 38.8 Å². The summed E-state index contributed by atoms with van der Waals surface area (Å²) in [6.45, 7) is 8.62. The first-order valence-electron chi connectivity index (χ1n) is 6.70. The van der Waals surface area contributed by atoms with E-state index in [0.29, 0.717) is 6.54 Å². The summed E-state index contributed by atoms with van der Waals surface area (Å²) < 4.78 is 0. The molecule has 0 bridgehead atoms. The molecular weight excluding hydrogens is 236 g/mol. The monoisotopic (exact) mass is 258 g/mol. The molecule has 2 rings (SSSR count). The molecule has 0 aromatic heterocycles. The summed E-state index contributed by atoms with van der Waals surface area (Å²) in [5, 5.41) is 3.04. The summed E-state index contributed by atoms with van der Waals surface area (Å²) in [6, 6.07) is 8.13. The van der Waals surface area contributed by atoms with Gasteiger partial charge in [0, 0.05) is 12.5 Å². The van der Waals surface area contributed by atoms with Crippen LogP contribution in [0, 0.1) is 5.92 Å². The van der Waals surface area contributed by atoms with E-state index < -0.39 is 0 Å². The lowest BCUT2D eigenvalue weighted by atomic mass is 9.80. The Bertz CT molecular complexity index is 505. The molecule has 19 heavy (non-hydrogen) atoms. The van der Waals surface area contributed by atoms with Crippen LogP contribution in [0.4, 0.5) is 0 Å². The van der Waals surface area contributed by atoms with E-state index in [-0.39, 0.29) is 17.4 Å². The lowest BCUT2D eigenvalue weighted by molar-refractivity contribution is -0.127. The highest BCUT2D eigenvalue weighted by Gasteiger charge is 2.35. The van der Waals surface area contributed by atoms with Gasteiger partial charge in [-0.3, -0.25) is 4.79 Å². The quantitative estimate of drug-likeness (QED) is 0.816. The maximum absolute atomic E-state index is 12.1. The van der Waals surface area contributed by atoms with Crippen LogP contribution in [0.3, 0.4) is 0 Å². The number of amides is 1. The van der Waals surface area contributed by atoms with Gasteiger partial charge in [0.05, 0.1) is 5.54 Å². The molecule has 1 aliphatic heterocycles. The van der Waals surface area contributed by atoms with Crippen molar-refractivity contribution < 1.29 is 4.79 Å². The Morgan fingerprint density at radius 1 is 1.42 bits per heavy atom. The first kappa shape index (κ1) is 13.8. The first-order valence-corrected chi connectivity index (χ1v) is 6.70. The van der Waals surface area contributed by atoms with Crippen molar-refractivity contribution in [2.24, 2.45) is 11.7 Å². The summed E-state index contributed by atoms with van der Waals surface area (Å²) in [6.07, 6.45) is 1.50. The van der Waals surface area contributed by atoms with Crippen LogP contribution in [0.25, 0.3) is 0 Å². The van der Waals surface area contributed by atoms with Crippen LogP contribution in [0.2, 0.25) is 0 Å². The molecule has 102 valence electrons. The van der Waals surface area contributed by atoms with Crippen LogP contribution < -0.4 is 11.1 Å². The molecule has 3 N–H and O–H groups in total. The van der Waals surface area contributed by atoms with Gasteiger partial charge in [-0.1, -0.05) is 36.4 Å². The predicted octanol–water partition coefficient (Wildman–Crippen LogP) is 2.16. The van der Waals surface area contributed by atoms with E-state index in [9.17, 15) is 4.79 Å². The molecule has 1 amide bonds. The van der Waals surface area contributed by atoms with Crippen molar-refractivity contribution in [3.8, 4) is 0 Å². The second kappa shape index (κ2) is 5.17. The van der Waals surface area contributed by atoms with Crippen LogP contribution in [-0.2, 0) is 17.8 Å². The molecule has 1 fully saturated rings. The summed E-state index contributed by atoms with van der Waals surface area (Å²) in [7, 11) is 0. The maximum atomic E-state index is 12.1. The van der Waals surface area contributed by atoms with Crippen molar-refractivity contribution in [3.05, 3.63) is 47.5 Å².